The van der Waals surface area contributed by atoms with Gasteiger partial charge in [0.15, 0.2) is 0 Å². The van der Waals surface area contributed by atoms with Crippen LogP contribution in [0.3, 0.4) is 0 Å². The van der Waals surface area contributed by atoms with E-state index in [1.807, 2.05) is 82.3 Å². The number of likely N-dealkylation sites (tertiary alicyclic amines) is 2. The van der Waals surface area contributed by atoms with Gasteiger partial charge in [0.1, 0.15) is 11.6 Å². The number of imidazole rings is 4. The zero-order valence-corrected chi connectivity index (χ0v) is 56.4. The summed E-state index contributed by atoms with van der Waals surface area (Å²) in [7, 11) is 4.00. The zero-order chi connectivity index (χ0) is 65.9. The predicted octanol–water partition coefficient (Wildman–Crippen LogP) is 14.2. The van der Waals surface area contributed by atoms with E-state index in [1.165, 1.54) is 67.2 Å². The monoisotopic (exact) mass is 1290 g/mol. The number of hydrogen-bond acceptors (Lipinski definition) is 8. The first kappa shape index (κ1) is 60.4. The molecular formula is C84H82N12O2. The average molecular weight is 1290 g/mol. The molecule has 490 valence electrons. The molecule has 0 bridgehead atoms. The number of aromatic nitrogens is 10. The molecule has 0 N–H and O–H groups in total. The standard InChI is InChI=1S/C84H82N12O2/c1-53-64(81(97)95-74-34-16-14-32-72(74)89(3)83(95)85-53)40-44-91-42-37-61(51-62(91)49-55-20-6-5-7-21-55)77-67-27-11-9-24-58(67)39-47-94-78-68(28-19-30-70(78)88-80(77)94)59-25-18-22-56(48-59)50-63-52-60(76-66-26-10-8-23-57(66)38-46-93-71-31-13-12-29-69(71)87-79(76)93)36-43-92(63)45-41-65-54(2)86-84-90(4)73-33-15-17-35-75(73)96(84)82(65)98/h5-35,48,60-63,76-77H,36-47,49-52H2,1-4H3. The zero-order valence-electron chi connectivity index (χ0n) is 56.4. The number of rotatable bonds is 13. The van der Waals surface area contributed by atoms with Gasteiger partial charge in [0.25, 0.3) is 11.1 Å². The van der Waals surface area contributed by atoms with Gasteiger partial charge in [-0.1, -0.05) is 152 Å². The largest absolute Gasteiger partial charge is 0.327 e. The van der Waals surface area contributed by atoms with E-state index in [-0.39, 0.29) is 35.0 Å². The number of nitrogens with zero attached hydrogens (tertiary/aromatic N) is 12. The second-order valence-corrected chi connectivity index (χ2v) is 28.6. The van der Waals surface area contributed by atoms with Crippen molar-refractivity contribution in [3.05, 3.63) is 282 Å². The Morgan fingerprint density at radius 3 is 1.51 bits per heavy atom. The van der Waals surface area contributed by atoms with E-state index in [0.29, 0.717) is 36.2 Å². The van der Waals surface area contributed by atoms with Crippen molar-refractivity contribution < 1.29 is 0 Å². The van der Waals surface area contributed by atoms with Crippen LogP contribution >= 0.6 is 0 Å². The summed E-state index contributed by atoms with van der Waals surface area (Å²) in [5.41, 5.74) is 22.3. The summed E-state index contributed by atoms with van der Waals surface area (Å²) in [5, 5.41) is 0. The lowest BCUT2D eigenvalue weighted by molar-refractivity contribution is 0.104. The molecule has 14 aromatic rings. The van der Waals surface area contributed by atoms with Crippen LogP contribution in [-0.2, 0) is 65.7 Å². The van der Waals surface area contributed by atoms with Gasteiger partial charge in [-0.15, -0.1) is 0 Å². The maximum atomic E-state index is 14.8. The van der Waals surface area contributed by atoms with Gasteiger partial charge in [-0.2, -0.15) is 0 Å². The number of benzene rings is 8. The smallest absolute Gasteiger partial charge is 0.263 e. The Kier molecular flexibility index (Phi) is 15.1. The Morgan fingerprint density at radius 1 is 0.439 bits per heavy atom. The van der Waals surface area contributed by atoms with Gasteiger partial charge in [0, 0.05) is 80.9 Å². The molecule has 14 heteroatoms. The molecule has 98 heavy (non-hydrogen) atoms. The molecule has 0 aliphatic carbocycles. The third-order valence-electron chi connectivity index (χ3n) is 23.3. The summed E-state index contributed by atoms with van der Waals surface area (Å²) in [6.07, 6.45) is 8.97. The highest BCUT2D eigenvalue weighted by Gasteiger charge is 2.41. The van der Waals surface area contributed by atoms with Crippen LogP contribution in [-0.4, -0.2) is 95.1 Å². The van der Waals surface area contributed by atoms with Crippen molar-refractivity contribution in [1.29, 1.82) is 0 Å². The van der Waals surface area contributed by atoms with Crippen molar-refractivity contribution in [2.24, 2.45) is 25.9 Å². The molecule has 0 radical (unpaired) electrons. The summed E-state index contributed by atoms with van der Waals surface area (Å²) in [6, 6.07) is 71.0. The van der Waals surface area contributed by atoms with Crippen LogP contribution in [0.5, 0.6) is 0 Å². The minimum Gasteiger partial charge on any atom is -0.327 e. The van der Waals surface area contributed by atoms with Gasteiger partial charge >= 0.3 is 0 Å². The topological polar surface area (TPSA) is 121 Å². The van der Waals surface area contributed by atoms with Gasteiger partial charge in [0.05, 0.1) is 55.5 Å². The quantitative estimate of drug-likeness (QED) is 0.112. The summed E-state index contributed by atoms with van der Waals surface area (Å²) in [5.74, 6) is 4.63. The van der Waals surface area contributed by atoms with Gasteiger partial charge in [0.2, 0.25) is 11.6 Å². The highest BCUT2D eigenvalue weighted by molar-refractivity contribution is 5.93. The fraction of sp³-hybridized carbons (Fsp3) is 0.310. The molecule has 0 saturated carbocycles. The third kappa shape index (κ3) is 10.2. The van der Waals surface area contributed by atoms with Crippen molar-refractivity contribution in [2.45, 2.75) is 115 Å². The van der Waals surface area contributed by atoms with E-state index >= 15 is 0 Å². The number of aryl methyl sites for hydroxylation is 8. The van der Waals surface area contributed by atoms with Crippen LogP contribution in [0.25, 0.3) is 66.8 Å². The van der Waals surface area contributed by atoms with Crippen LogP contribution < -0.4 is 11.1 Å². The Labute approximate surface area is 570 Å². The van der Waals surface area contributed by atoms with Gasteiger partial charge in [-0.3, -0.25) is 19.4 Å². The highest BCUT2D eigenvalue weighted by atomic mass is 16.1. The van der Waals surface area contributed by atoms with Crippen molar-refractivity contribution in [2.75, 3.05) is 26.2 Å². The van der Waals surface area contributed by atoms with E-state index in [9.17, 15) is 9.59 Å². The van der Waals surface area contributed by atoms with Gasteiger partial charge in [-0.05, 0) is 184 Å². The Balaban J connectivity index is 0.680. The minimum atomic E-state index is 0.0307. The van der Waals surface area contributed by atoms with E-state index < -0.39 is 0 Å². The maximum Gasteiger partial charge on any atom is 0.263 e. The molecule has 0 amide bonds. The SMILES string of the molecule is Cc1nc2n(C)c3ccccc3n2c(=O)c1CCN1CCC(C2c3ccccc3CCn3c2nc2ccccc23)CC1Cc1cccc(-c2cccc3nc4n(c23)CCc2ccccc2C4C2CCN(CCc3c(C)nc4n(C)c5ccccc5n4c3=O)C(Cc3ccccc3)C2)c1. The number of para-hydroxylation sites is 7. The highest BCUT2D eigenvalue weighted by Crippen LogP contribution is 2.47. The van der Waals surface area contributed by atoms with Crippen LogP contribution in [0.2, 0.25) is 0 Å². The molecule has 14 nitrogen and oxygen atoms in total. The van der Waals surface area contributed by atoms with Crippen molar-refractivity contribution in [3.8, 4) is 11.1 Å². The first-order valence-corrected chi connectivity index (χ1v) is 35.7. The summed E-state index contributed by atoms with van der Waals surface area (Å²) in [4.78, 5) is 56.3. The van der Waals surface area contributed by atoms with E-state index in [1.54, 1.807) is 0 Å². The second-order valence-electron chi connectivity index (χ2n) is 28.6. The first-order valence-electron chi connectivity index (χ1n) is 35.7. The van der Waals surface area contributed by atoms with Crippen molar-refractivity contribution in [3.63, 3.8) is 0 Å². The van der Waals surface area contributed by atoms with Crippen LogP contribution in [0, 0.1) is 25.7 Å². The van der Waals surface area contributed by atoms with Crippen LogP contribution in [0.4, 0.5) is 0 Å². The van der Waals surface area contributed by atoms with Crippen molar-refractivity contribution >= 4 is 55.7 Å². The average Bonchev–Trinajstić information content (AvgIpc) is 1.59. The third-order valence-corrected chi connectivity index (χ3v) is 23.3. The summed E-state index contributed by atoms with van der Waals surface area (Å²) in [6.45, 7) is 9.15. The van der Waals surface area contributed by atoms with E-state index in [0.717, 1.165) is 146 Å². The van der Waals surface area contributed by atoms with Crippen LogP contribution in [0.15, 0.2) is 204 Å². The molecule has 6 aromatic heterocycles. The van der Waals surface area contributed by atoms with E-state index in [4.69, 9.17) is 19.9 Å². The maximum absolute atomic E-state index is 14.8. The first-order chi connectivity index (χ1) is 48.1. The Bertz CT molecular complexity index is 5570. The second kappa shape index (κ2) is 24.5. The Hall–Kier alpha value is -10.0. The molecule has 4 aliphatic rings. The molecule has 2 saturated heterocycles. The normalized spacial score (nSPS) is 19.9. The molecule has 4 aliphatic heterocycles. The lowest BCUT2D eigenvalue weighted by atomic mass is 9.75. The predicted molar refractivity (Wildman–Crippen MR) is 392 cm³/mol. The van der Waals surface area contributed by atoms with Gasteiger partial charge < -0.3 is 18.3 Å². The fourth-order valence-corrected chi connectivity index (χ4v) is 18.5. The number of fused-ring (bicyclic) bond motifs is 14. The molecule has 0 spiro atoms. The van der Waals surface area contributed by atoms with E-state index in [2.05, 4.69) is 177 Å². The molecular weight excluding hydrogens is 1210 g/mol. The fourth-order valence-electron chi connectivity index (χ4n) is 18.5. The van der Waals surface area contributed by atoms with Crippen molar-refractivity contribution in [1.82, 2.24) is 56.8 Å². The molecule has 10 heterocycles. The molecule has 6 atom stereocenters. The molecule has 6 unspecified atom stereocenters. The van der Waals surface area contributed by atoms with Crippen LogP contribution in [0.1, 0.15) is 105 Å². The summed E-state index contributed by atoms with van der Waals surface area (Å²) >= 11 is 0. The molecule has 8 aromatic carbocycles. The van der Waals surface area contributed by atoms with Gasteiger partial charge in [-0.25, -0.2) is 28.7 Å². The molecule has 2 fully saturated rings. The Morgan fingerprint density at radius 2 is 0.908 bits per heavy atom. The number of hydrogen-bond donors (Lipinski definition) is 0. The lowest BCUT2D eigenvalue weighted by Crippen LogP contribution is -2.46. The summed E-state index contributed by atoms with van der Waals surface area (Å²) < 4.78 is 12.9. The number of piperidine rings is 2. The minimum absolute atomic E-state index is 0.0307. The molecule has 18 rings (SSSR count). The lowest BCUT2D eigenvalue weighted by Gasteiger charge is -2.42.